The molecule has 0 amide bonds. The van der Waals surface area contributed by atoms with Crippen molar-refractivity contribution >= 4 is 23.1 Å². The van der Waals surface area contributed by atoms with Crippen molar-refractivity contribution in [2.45, 2.75) is 19.6 Å². The number of carbonyl (C=O) groups is 1. The van der Waals surface area contributed by atoms with Gasteiger partial charge in [0.2, 0.25) is 0 Å². The lowest BCUT2D eigenvalue weighted by Gasteiger charge is -2.30. The molecule has 3 aromatic carbocycles. The van der Waals surface area contributed by atoms with Crippen molar-refractivity contribution in [3.05, 3.63) is 107 Å². The van der Waals surface area contributed by atoms with Crippen LogP contribution in [0.5, 0.6) is 11.5 Å². The minimum absolute atomic E-state index is 0.0565. The number of ether oxygens (including phenoxy) is 2. The number of carbonyl (C=O) groups excluding carboxylic acids is 1. The first-order chi connectivity index (χ1) is 15.6. The molecular formula is C26H24N2O3S. The van der Waals surface area contributed by atoms with Gasteiger partial charge in [-0.3, -0.25) is 4.79 Å². The number of thiocarbonyl (C=S) groups is 1. The number of ketones is 1. The third kappa shape index (κ3) is 4.65. The first-order valence-corrected chi connectivity index (χ1v) is 10.7. The van der Waals surface area contributed by atoms with Gasteiger partial charge in [0.05, 0.1) is 13.2 Å². The number of benzene rings is 3. The molecule has 0 radical (unpaired) electrons. The van der Waals surface area contributed by atoms with Crippen molar-refractivity contribution < 1.29 is 14.3 Å². The second-order valence-electron chi connectivity index (χ2n) is 7.45. The fraction of sp³-hybridized carbons (Fsp3) is 0.154. The number of nitrogens with one attached hydrogen (secondary N) is 2. The van der Waals surface area contributed by atoms with E-state index < -0.39 is 6.04 Å². The van der Waals surface area contributed by atoms with E-state index in [1.54, 1.807) is 7.11 Å². The van der Waals surface area contributed by atoms with Crippen LogP contribution in [0.15, 0.2) is 90.1 Å². The quantitative estimate of drug-likeness (QED) is 0.397. The molecule has 0 fully saturated rings. The zero-order valence-electron chi connectivity index (χ0n) is 17.9. The van der Waals surface area contributed by atoms with Gasteiger partial charge in [-0.1, -0.05) is 66.7 Å². The number of rotatable bonds is 7. The van der Waals surface area contributed by atoms with Crippen LogP contribution in [0.3, 0.4) is 0 Å². The van der Waals surface area contributed by atoms with Gasteiger partial charge in [0.25, 0.3) is 0 Å². The summed E-state index contributed by atoms with van der Waals surface area (Å²) in [5, 5.41) is 6.79. The molecule has 2 N–H and O–H groups in total. The molecule has 1 atom stereocenters. The Bertz CT molecular complexity index is 1160. The Kier molecular flexibility index (Phi) is 6.52. The Morgan fingerprint density at radius 2 is 1.66 bits per heavy atom. The highest BCUT2D eigenvalue weighted by atomic mass is 32.1. The SMILES string of the molecule is COc1cc(C2NC(=S)NC(C)=C2C(=O)c2ccccc2)ccc1OCc1ccccc1. The monoisotopic (exact) mass is 444 g/mol. The van der Waals surface area contributed by atoms with E-state index in [1.807, 2.05) is 85.8 Å². The second-order valence-corrected chi connectivity index (χ2v) is 7.86. The minimum atomic E-state index is -0.409. The Hall–Kier alpha value is -3.64. The number of Topliss-reactive ketones (excluding diaryl/α,β-unsaturated/α-hetero) is 1. The third-order valence-electron chi connectivity index (χ3n) is 5.31. The molecule has 162 valence electrons. The van der Waals surface area contributed by atoms with Gasteiger partial charge in [-0.25, -0.2) is 0 Å². The predicted molar refractivity (Wildman–Crippen MR) is 129 cm³/mol. The molecule has 0 spiro atoms. The minimum Gasteiger partial charge on any atom is -0.493 e. The standard InChI is InChI=1S/C26H24N2O3S/c1-17-23(25(29)19-11-7-4-8-12-19)24(28-26(32)27-17)20-13-14-21(22(15-20)30-2)31-16-18-9-5-3-6-10-18/h3-15,24H,16H2,1-2H3,(H2,27,28,32). The summed E-state index contributed by atoms with van der Waals surface area (Å²) in [6, 6.07) is 24.4. The molecule has 1 aliphatic heterocycles. The van der Waals surface area contributed by atoms with Crippen LogP contribution < -0.4 is 20.1 Å². The average Bonchev–Trinajstić information content (AvgIpc) is 2.83. The lowest BCUT2D eigenvalue weighted by molar-refractivity contribution is 0.102. The average molecular weight is 445 g/mol. The van der Waals surface area contributed by atoms with Crippen LogP contribution in [-0.4, -0.2) is 18.0 Å². The summed E-state index contributed by atoms with van der Waals surface area (Å²) in [4.78, 5) is 13.3. The lowest BCUT2D eigenvalue weighted by Crippen LogP contribution is -2.44. The summed E-state index contributed by atoms with van der Waals surface area (Å²) in [6.45, 7) is 2.30. The number of hydrogen-bond donors (Lipinski definition) is 2. The molecule has 1 heterocycles. The Labute approximate surface area is 193 Å². The number of hydrogen-bond acceptors (Lipinski definition) is 4. The van der Waals surface area contributed by atoms with Gasteiger partial charge in [0, 0.05) is 16.8 Å². The molecule has 1 unspecified atom stereocenters. The predicted octanol–water partition coefficient (Wildman–Crippen LogP) is 4.95. The van der Waals surface area contributed by atoms with Gasteiger partial charge in [-0.2, -0.15) is 0 Å². The second kappa shape index (κ2) is 9.66. The molecule has 0 saturated heterocycles. The van der Waals surface area contributed by atoms with E-state index in [1.165, 1.54) is 0 Å². The maximum absolute atomic E-state index is 13.3. The smallest absolute Gasteiger partial charge is 0.193 e. The summed E-state index contributed by atoms with van der Waals surface area (Å²) in [7, 11) is 1.60. The molecule has 0 saturated carbocycles. The highest BCUT2D eigenvalue weighted by molar-refractivity contribution is 7.80. The molecule has 32 heavy (non-hydrogen) atoms. The largest absolute Gasteiger partial charge is 0.493 e. The maximum Gasteiger partial charge on any atom is 0.193 e. The van der Waals surface area contributed by atoms with E-state index in [0.29, 0.717) is 34.4 Å². The fourth-order valence-corrected chi connectivity index (χ4v) is 3.98. The Morgan fingerprint density at radius 3 is 2.34 bits per heavy atom. The molecule has 3 aromatic rings. The normalized spacial score (nSPS) is 15.6. The van der Waals surface area contributed by atoms with Crippen molar-refractivity contribution in [3.8, 4) is 11.5 Å². The first kappa shape index (κ1) is 21.6. The lowest BCUT2D eigenvalue weighted by atomic mass is 9.89. The number of allylic oxidation sites excluding steroid dienone is 1. The van der Waals surface area contributed by atoms with Crippen LogP contribution >= 0.6 is 12.2 Å². The zero-order chi connectivity index (χ0) is 22.5. The molecule has 0 aliphatic carbocycles. The van der Waals surface area contributed by atoms with Crippen LogP contribution in [0.2, 0.25) is 0 Å². The van der Waals surface area contributed by atoms with Crippen LogP contribution in [0, 0.1) is 0 Å². The molecule has 6 heteroatoms. The van der Waals surface area contributed by atoms with Crippen molar-refractivity contribution in [2.24, 2.45) is 0 Å². The van der Waals surface area contributed by atoms with Gasteiger partial charge in [0.1, 0.15) is 6.61 Å². The van der Waals surface area contributed by atoms with Crippen molar-refractivity contribution in [3.63, 3.8) is 0 Å². The van der Waals surface area contributed by atoms with E-state index in [9.17, 15) is 4.79 Å². The summed E-state index contributed by atoms with van der Waals surface area (Å²) in [5.41, 5.74) is 3.90. The summed E-state index contributed by atoms with van der Waals surface area (Å²) in [5.74, 6) is 1.17. The zero-order valence-corrected chi connectivity index (χ0v) is 18.7. The highest BCUT2D eigenvalue weighted by Gasteiger charge is 2.31. The van der Waals surface area contributed by atoms with Crippen LogP contribution in [0.4, 0.5) is 0 Å². The molecule has 0 bridgehead atoms. The van der Waals surface area contributed by atoms with Crippen molar-refractivity contribution in [1.29, 1.82) is 0 Å². The van der Waals surface area contributed by atoms with E-state index in [4.69, 9.17) is 21.7 Å². The van der Waals surface area contributed by atoms with Gasteiger partial charge < -0.3 is 20.1 Å². The topological polar surface area (TPSA) is 59.6 Å². The van der Waals surface area contributed by atoms with Gasteiger partial charge >= 0.3 is 0 Å². The van der Waals surface area contributed by atoms with Crippen molar-refractivity contribution in [2.75, 3.05) is 7.11 Å². The summed E-state index contributed by atoms with van der Waals surface area (Å²) in [6.07, 6.45) is 0. The fourth-order valence-electron chi connectivity index (χ4n) is 3.71. The van der Waals surface area contributed by atoms with E-state index in [2.05, 4.69) is 10.6 Å². The number of methoxy groups -OCH3 is 1. The molecule has 0 aromatic heterocycles. The van der Waals surface area contributed by atoms with Crippen LogP contribution in [0.25, 0.3) is 0 Å². The summed E-state index contributed by atoms with van der Waals surface area (Å²) >= 11 is 5.38. The third-order valence-corrected chi connectivity index (χ3v) is 5.53. The van der Waals surface area contributed by atoms with Crippen molar-refractivity contribution in [1.82, 2.24) is 10.6 Å². The van der Waals surface area contributed by atoms with Crippen LogP contribution in [-0.2, 0) is 6.61 Å². The van der Waals surface area contributed by atoms with Crippen LogP contribution in [0.1, 0.15) is 34.5 Å². The maximum atomic E-state index is 13.3. The van der Waals surface area contributed by atoms with E-state index in [0.717, 1.165) is 16.8 Å². The molecule has 1 aliphatic rings. The van der Waals surface area contributed by atoms with Gasteiger partial charge in [-0.05, 0) is 42.4 Å². The Morgan fingerprint density at radius 1 is 0.969 bits per heavy atom. The van der Waals surface area contributed by atoms with Gasteiger partial charge in [0.15, 0.2) is 22.4 Å². The van der Waals surface area contributed by atoms with E-state index >= 15 is 0 Å². The molecular weight excluding hydrogens is 420 g/mol. The summed E-state index contributed by atoms with van der Waals surface area (Å²) < 4.78 is 11.6. The Balaban J connectivity index is 1.65. The first-order valence-electron chi connectivity index (χ1n) is 10.3. The van der Waals surface area contributed by atoms with Gasteiger partial charge in [-0.15, -0.1) is 0 Å². The van der Waals surface area contributed by atoms with E-state index in [-0.39, 0.29) is 5.78 Å². The molecule has 5 nitrogen and oxygen atoms in total. The molecule has 4 rings (SSSR count). The highest BCUT2D eigenvalue weighted by Crippen LogP contribution is 2.35.